The van der Waals surface area contributed by atoms with Crippen molar-refractivity contribution in [3.63, 3.8) is 0 Å². The van der Waals surface area contributed by atoms with E-state index in [1.165, 1.54) is 0 Å². The first-order valence-corrected chi connectivity index (χ1v) is 6.70. The van der Waals surface area contributed by atoms with E-state index in [1.54, 1.807) is 18.6 Å². The van der Waals surface area contributed by atoms with Crippen LogP contribution in [0.3, 0.4) is 0 Å². The summed E-state index contributed by atoms with van der Waals surface area (Å²) in [5, 5.41) is 9.14. The Morgan fingerprint density at radius 2 is 2.15 bits per heavy atom. The lowest BCUT2D eigenvalue weighted by atomic mass is 9.79. The SMILES string of the molecule is NC(C(=O)O)=C1CCCC2(CC2)C1=Nc1cnccn1. The fraction of sp³-hybridized carbons (Fsp3) is 0.429. The summed E-state index contributed by atoms with van der Waals surface area (Å²) in [4.78, 5) is 23.9. The van der Waals surface area contributed by atoms with Crippen molar-refractivity contribution in [3.05, 3.63) is 29.9 Å². The normalized spacial score (nSPS) is 24.7. The molecule has 2 fully saturated rings. The molecule has 0 amide bonds. The summed E-state index contributed by atoms with van der Waals surface area (Å²) in [6, 6.07) is 0. The van der Waals surface area contributed by atoms with Gasteiger partial charge in [0.1, 0.15) is 5.70 Å². The number of rotatable bonds is 2. The molecule has 6 nitrogen and oxygen atoms in total. The van der Waals surface area contributed by atoms with Gasteiger partial charge in [-0.15, -0.1) is 0 Å². The maximum Gasteiger partial charge on any atom is 0.352 e. The van der Waals surface area contributed by atoms with Crippen LogP contribution in [0.15, 0.2) is 34.9 Å². The Morgan fingerprint density at radius 3 is 2.75 bits per heavy atom. The first-order chi connectivity index (χ1) is 9.62. The highest BCUT2D eigenvalue weighted by Crippen LogP contribution is 2.56. The van der Waals surface area contributed by atoms with E-state index < -0.39 is 5.97 Å². The van der Waals surface area contributed by atoms with Crippen LogP contribution in [-0.2, 0) is 4.79 Å². The van der Waals surface area contributed by atoms with E-state index in [1.807, 2.05) is 0 Å². The molecule has 2 aliphatic rings. The molecular formula is C14H16N4O2. The van der Waals surface area contributed by atoms with Crippen LogP contribution in [0.25, 0.3) is 0 Å². The highest BCUT2D eigenvalue weighted by molar-refractivity contribution is 6.11. The van der Waals surface area contributed by atoms with Gasteiger partial charge in [-0.1, -0.05) is 0 Å². The number of carboxylic acid groups (broad SMARTS) is 1. The van der Waals surface area contributed by atoms with E-state index in [0.717, 1.165) is 31.4 Å². The molecule has 0 aliphatic heterocycles. The summed E-state index contributed by atoms with van der Waals surface area (Å²) < 4.78 is 0. The molecule has 20 heavy (non-hydrogen) atoms. The van der Waals surface area contributed by atoms with E-state index in [-0.39, 0.29) is 11.1 Å². The summed E-state index contributed by atoms with van der Waals surface area (Å²) in [7, 11) is 0. The molecule has 0 bridgehead atoms. The van der Waals surface area contributed by atoms with Crippen molar-refractivity contribution in [1.29, 1.82) is 0 Å². The summed E-state index contributed by atoms with van der Waals surface area (Å²) >= 11 is 0. The third-order valence-electron chi connectivity index (χ3n) is 4.06. The first kappa shape index (κ1) is 12.8. The number of aliphatic imine (C=N–C) groups is 1. The lowest BCUT2D eigenvalue weighted by Crippen LogP contribution is -2.28. The number of carbonyl (C=O) groups is 1. The van der Waals surface area contributed by atoms with Crippen molar-refractivity contribution in [1.82, 2.24) is 9.97 Å². The molecular weight excluding hydrogens is 256 g/mol. The maximum atomic E-state index is 11.2. The number of allylic oxidation sites excluding steroid dienone is 1. The van der Waals surface area contributed by atoms with Crippen LogP contribution in [-0.4, -0.2) is 26.8 Å². The molecule has 2 saturated carbocycles. The van der Waals surface area contributed by atoms with Crippen LogP contribution in [0.4, 0.5) is 5.82 Å². The largest absolute Gasteiger partial charge is 0.477 e. The highest BCUT2D eigenvalue weighted by Gasteiger charge is 2.50. The van der Waals surface area contributed by atoms with Crippen molar-refractivity contribution in [2.24, 2.45) is 16.1 Å². The molecule has 6 heteroatoms. The van der Waals surface area contributed by atoms with Crippen LogP contribution >= 0.6 is 0 Å². The Hall–Kier alpha value is -2.24. The van der Waals surface area contributed by atoms with Gasteiger partial charge < -0.3 is 10.8 Å². The van der Waals surface area contributed by atoms with Gasteiger partial charge in [0.15, 0.2) is 5.82 Å². The molecule has 3 rings (SSSR count). The number of hydrogen-bond acceptors (Lipinski definition) is 5. The molecule has 0 saturated heterocycles. The average molecular weight is 272 g/mol. The molecule has 0 radical (unpaired) electrons. The number of aromatic nitrogens is 2. The van der Waals surface area contributed by atoms with Crippen molar-refractivity contribution in [2.75, 3.05) is 0 Å². The lowest BCUT2D eigenvalue weighted by Gasteiger charge is -2.27. The molecule has 1 aromatic heterocycles. The number of nitrogens with two attached hydrogens (primary N) is 1. The third-order valence-corrected chi connectivity index (χ3v) is 4.06. The Bertz CT molecular complexity index is 603. The average Bonchev–Trinajstić information content (AvgIpc) is 3.22. The topological polar surface area (TPSA) is 101 Å². The Balaban J connectivity index is 2.08. The van der Waals surface area contributed by atoms with Gasteiger partial charge in [-0.25, -0.2) is 14.8 Å². The standard InChI is InChI=1S/C14H16N4O2/c15-11(13(19)20)9-2-1-3-14(4-5-14)12(9)18-10-8-16-6-7-17-10/h6-8H,1-5,15H2,(H,19,20). The summed E-state index contributed by atoms with van der Waals surface area (Å²) in [5.41, 5.74) is 7.16. The Morgan fingerprint density at radius 1 is 1.35 bits per heavy atom. The zero-order valence-electron chi connectivity index (χ0n) is 11.0. The van der Waals surface area contributed by atoms with Crippen LogP contribution in [0, 0.1) is 5.41 Å². The molecule has 0 atom stereocenters. The molecule has 1 aromatic rings. The highest BCUT2D eigenvalue weighted by atomic mass is 16.4. The second-order valence-electron chi connectivity index (χ2n) is 5.36. The van der Waals surface area contributed by atoms with Gasteiger partial charge in [0.25, 0.3) is 0 Å². The molecule has 1 heterocycles. The van der Waals surface area contributed by atoms with Gasteiger partial charge in [-0.2, -0.15) is 0 Å². The molecule has 2 aliphatic carbocycles. The fourth-order valence-electron chi connectivity index (χ4n) is 2.84. The molecule has 0 unspecified atom stereocenters. The van der Waals surface area contributed by atoms with Crippen LogP contribution in [0.5, 0.6) is 0 Å². The van der Waals surface area contributed by atoms with Gasteiger partial charge in [-0.3, -0.25) is 4.98 Å². The van der Waals surface area contributed by atoms with Crippen LogP contribution in [0.1, 0.15) is 32.1 Å². The van der Waals surface area contributed by atoms with E-state index in [9.17, 15) is 4.79 Å². The molecule has 3 N–H and O–H groups in total. The van der Waals surface area contributed by atoms with Crippen molar-refractivity contribution in [3.8, 4) is 0 Å². The van der Waals surface area contributed by atoms with Gasteiger partial charge >= 0.3 is 5.97 Å². The second kappa shape index (κ2) is 4.70. The first-order valence-electron chi connectivity index (χ1n) is 6.70. The molecule has 1 spiro atoms. The van der Waals surface area contributed by atoms with E-state index in [4.69, 9.17) is 10.8 Å². The van der Waals surface area contributed by atoms with Crippen LogP contribution in [0.2, 0.25) is 0 Å². The van der Waals surface area contributed by atoms with E-state index in [0.29, 0.717) is 17.8 Å². The van der Waals surface area contributed by atoms with Gasteiger partial charge in [0, 0.05) is 23.4 Å². The number of aliphatic carboxylic acids is 1. The second-order valence-corrected chi connectivity index (χ2v) is 5.36. The Labute approximate surface area is 116 Å². The fourth-order valence-corrected chi connectivity index (χ4v) is 2.84. The third kappa shape index (κ3) is 2.17. The zero-order valence-corrected chi connectivity index (χ0v) is 11.0. The van der Waals surface area contributed by atoms with E-state index >= 15 is 0 Å². The minimum atomic E-state index is -1.08. The van der Waals surface area contributed by atoms with Gasteiger partial charge in [0.2, 0.25) is 0 Å². The molecule has 0 aromatic carbocycles. The minimum Gasteiger partial charge on any atom is -0.477 e. The van der Waals surface area contributed by atoms with E-state index in [2.05, 4.69) is 15.0 Å². The Kier molecular flexibility index (Phi) is 3.00. The van der Waals surface area contributed by atoms with Crippen molar-refractivity contribution < 1.29 is 9.90 Å². The summed E-state index contributed by atoms with van der Waals surface area (Å²) in [6.45, 7) is 0. The monoisotopic (exact) mass is 272 g/mol. The summed E-state index contributed by atoms with van der Waals surface area (Å²) in [6.07, 6.45) is 9.49. The number of nitrogens with zero attached hydrogens (tertiary/aromatic N) is 3. The molecule has 104 valence electrons. The van der Waals surface area contributed by atoms with Crippen LogP contribution < -0.4 is 5.73 Å². The quantitative estimate of drug-likeness (QED) is 0.799. The smallest absolute Gasteiger partial charge is 0.352 e. The van der Waals surface area contributed by atoms with Gasteiger partial charge in [0.05, 0.1) is 11.9 Å². The maximum absolute atomic E-state index is 11.2. The number of carboxylic acids is 1. The number of hydrogen-bond donors (Lipinski definition) is 2. The predicted molar refractivity (Wildman–Crippen MR) is 73.5 cm³/mol. The van der Waals surface area contributed by atoms with Gasteiger partial charge in [-0.05, 0) is 32.1 Å². The predicted octanol–water partition coefficient (Wildman–Crippen LogP) is 1.81. The summed E-state index contributed by atoms with van der Waals surface area (Å²) in [5.74, 6) is -0.573. The lowest BCUT2D eigenvalue weighted by molar-refractivity contribution is -0.132. The minimum absolute atomic E-state index is 0.0190. The zero-order chi connectivity index (χ0) is 14.2. The van der Waals surface area contributed by atoms with Crippen molar-refractivity contribution >= 4 is 17.5 Å². The van der Waals surface area contributed by atoms with Crippen molar-refractivity contribution in [2.45, 2.75) is 32.1 Å².